The first-order valence-corrected chi connectivity index (χ1v) is 3.71. The molecule has 0 saturated carbocycles. The number of nitrogens with zero attached hydrogens (tertiary/aromatic N) is 1. The van der Waals surface area contributed by atoms with Gasteiger partial charge in [-0.3, -0.25) is 9.78 Å². The van der Waals surface area contributed by atoms with Crippen molar-refractivity contribution >= 4 is 11.6 Å². The lowest BCUT2D eigenvalue weighted by atomic mass is 10.3. The molecule has 14 heavy (non-hydrogen) atoms. The lowest BCUT2D eigenvalue weighted by Crippen LogP contribution is -2.30. The SMILES string of the molecule is Cc1ncccc1NC(=O)C(F)(F)F. The van der Waals surface area contributed by atoms with Gasteiger partial charge in [-0.25, -0.2) is 0 Å². The monoisotopic (exact) mass is 204 g/mol. The highest BCUT2D eigenvalue weighted by atomic mass is 19.4. The molecule has 1 rings (SSSR count). The highest BCUT2D eigenvalue weighted by Crippen LogP contribution is 2.19. The molecule has 0 unspecified atom stereocenters. The lowest BCUT2D eigenvalue weighted by Gasteiger charge is -2.08. The Kier molecular flexibility index (Phi) is 2.73. The van der Waals surface area contributed by atoms with Crippen molar-refractivity contribution < 1.29 is 18.0 Å². The van der Waals surface area contributed by atoms with Crippen LogP contribution in [0.1, 0.15) is 5.69 Å². The largest absolute Gasteiger partial charge is 0.471 e. The van der Waals surface area contributed by atoms with E-state index in [-0.39, 0.29) is 5.69 Å². The number of rotatable bonds is 1. The van der Waals surface area contributed by atoms with Crippen LogP contribution in [0, 0.1) is 6.92 Å². The second-order valence-electron chi connectivity index (χ2n) is 2.59. The van der Waals surface area contributed by atoms with Crippen molar-refractivity contribution in [3.63, 3.8) is 0 Å². The molecule has 1 heterocycles. The van der Waals surface area contributed by atoms with Crippen LogP contribution in [0.15, 0.2) is 18.3 Å². The first-order chi connectivity index (χ1) is 6.41. The van der Waals surface area contributed by atoms with Crippen LogP contribution < -0.4 is 5.32 Å². The van der Waals surface area contributed by atoms with Gasteiger partial charge in [-0.1, -0.05) is 0 Å². The van der Waals surface area contributed by atoms with Crippen LogP contribution in [0.25, 0.3) is 0 Å². The molecule has 76 valence electrons. The molecule has 1 amide bonds. The summed E-state index contributed by atoms with van der Waals surface area (Å²) in [5, 5.41) is 1.72. The number of pyridine rings is 1. The van der Waals surface area contributed by atoms with E-state index in [1.165, 1.54) is 25.3 Å². The highest BCUT2D eigenvalue weighted by Gasteiger charge is 2.38. The summed E-state index contributed by atoms with van der Waals surface area (Å²) in [4.78, 5) is 14.3. The van der Waals surface area contributed by atoms with E-state index in [4.69, 9.17) is 0 Å². The van der Waals surface area contributed by atoms with Gasteiger partial charge in [-0.15, -0.1) is 0 Å². The molecule has 0 radical (unpaired) electrons. The highest BCUT2D eigenvalue weighted by molar-refractivity contribution is 5.95. The molecule has 0 aliphatic carbocycles. The number of hydrogen-bond donors (Lipinski definition) is 1. The molecule has 0 aliphatic rings. The van der Waals surface area contributed by atoms with Crippen molar-refractivity contribution in [3.8, 4) is 0 Å². The molecule has 1 aromatic heterocycles. The number of carbonyl (C=O) groups is 1. The van der Waals surface area contributed by atoms with Crippen molar-refractivity contribution in [1.29, 1.82) is 0 Å². The molecular weight excluding hydrogens is 197 g/mol. The van der Waals surface area contributed by atoms with E-state index >= 15 is 0 Å². The summed E-state index contributed by atoms with van der Waals surface area (Å²) in [6.07, 6.45) is -3.44. The number of nitrogens with one attached hydrogen (secondary N) is 1. The standard InChI is InChI=1S/C8H7F3N2O/c1-5-6(3-2-4-12-5)13-7(14)8(9,10)11/h2-4H,1H3,(H,13,14). The van der Waals surface area contributed by atoms with Crippen LogP contribution in [-0.2, 0) is 4.79 Å². The Hall–Kier alpha value is -1.59. The number of halogens is 3. The molecular formula is C8H7F3N2O. The first kappa shape index (κ1) is 10.5. The number of aryl methyl sites for hydroxylation is 1. The van der Waals surface area contributed by atoms with E-state index in [1.54, 1.807) is 5.32 Å². The van der Waals surface area contributed by atoms with Gasteiger partial charge >= 0.3 is 12.1 Å². The van der Waals surface area contributed by atoms with E-state index < -0.39 is 12.1 Å². The van der Waals surface area contributed by atoms with Crippen molar-refractivity contribution in [2.75, 3.05) is 5.32 Å². The number of carbonyl (C=O) groups excluding carboxylic acids is 1. The van der Waals surface area contributed by atoms with E-state index in [1.807, 2.05) is 0 Å². The van der Waals surface area contributed by atoms with Gasteiger partial charge in [0, 0.05) is 6.20 Å². The summed E-state index contributed by atoms with van der Waals surface area (Å²) in [7, 11) is 0. The van der Waals surface area contributed by atoms with Gasteiger partial charge in [0.25, 0.3) is 0 Å². The van der Waals surface area contributed by atoms with Gasteiger partial charge in [0.1, 0.15) is 0 Å². The smallest absolute Gasteiger partial charge is 0.317 e. The lowest BCUT2D eigenvalue weighted by molar-refractivity contribution is -0.167. The fourth-order valence-corrected chi connectivity index (χ4v) is 0.810. The van der Waals surface area contributed by atoms with Gasteiger partial charge < -0.3 is 5.32 Å². The average molecular weight is 204 g/mol. The molecule has 0 saturated heterocycles. The van der Waals surface area contributed by atoms with E-state index in [2.05, 4.69) is 4.98 Å². The van der Waals surface area contributed by atoms with E-state index in [0.717, 1.165) is 0 Å². The van der Waals surface area contributed by atoms with Gasteiger partial charge in [-0.05, 0) is 19.1 Å². The maximum Gasteiger partial charge on any atom is 0.471 e. The average Bonchev–Trinajstić information content (AvgIpc) is 2.07. The maximum absolute atomic E-state index is 11.8. The molecule has 1 N–H and O–H groups in total. The van der Waals surface area contributed by atoms with Crippen molar-refractivity contribution in [2.45, 2.75) is 13.1 Å². The Labute approximate surface area is 78.0 Å². The normalized spacial score (nSPS) is 11.1. The Bertz CT molecular complexity index is 349. The molecule has 0 fully saturated rings. The van der Waals surface area contributed by atoms with Crippen LogP contribution in [0.3, 0.4) is 0 Å². The zero-order valence-corrected chi connectivity index (χ0v) is 7.22. The Morgan fingerprint density at radius 1 is 1.50 bits per heavy atom. The fraction of sp³-hybridized carbons (Fsp3) is 0.250. The molecule has 0 bridgehead atoms. The summed E-state index contributed by atoms with van der Waals surface area (Å²) >= 11 is 0. The third-order valence-electron chi connectivity index (χ3n) is 1.51. The topological polar surface area (TPSA) is 42.0 Å². The van der Waals surface area contributed by atoms with Crippen LogP contribution in [-0.4, -0.2) is 17.1 Å². The molecule has 3 nitrogen and oxygen atoms in total. The molecule has 0 spiro atoms. The minimum Gasteiger partial charge on any atom is -0.317 e. The number of amides is 1. The predicted octanol–water partition coefficient (Wildman–Crippen LogP) is 1.89. The van der Waals surface area contributed by atoms with Gasteiger partial charge in [0.2, 0.25) is 0 Å². The third kappa shape index (κ3) is 2.45. The van der Waals surface area contributed by atoms with Crippen LogP contribution >= 0.6 is 0 Å². The number of alkyl halides is 3. The maximum atomic E-state index is 11.8. The quantitative estimate of drug-likeness (QED) is 0.758. The summed E-state index contributed by atoms with van der Waals surface area (Å²) in [5.74, 6) is -1.99. The number of hydrogen-bond acceptors (Lipinski definition) is 2. The fourth-order valence-electron chi connectivity index (χ4n) is 0.810. The van der Waals surface area contributed by atoms with E-state index in [9.17, 15) is 18.0 Å². The summed E-state index contributed by atoms with van der Waals surface area (Å²) in [5.41, 5.74) is 0.403. The predicted molar refractivity (Wildman–Crippen MR) is 43.7 cm³/mol. The molecule has 0 aliphatic heterocycles. The zero-order valence-electron chi connectivity index (χ0n) is 7.22. The molecule has 1 aromatic rings. The second-order valence-corrected chi connectivity index (χ2v) is 2.59. The van der Waals surface area contributed by atoms with Gasteiger partial charge in [-0.2, -0.15) is 13.2 Å². The molecule has 0 aromatic carbocycles. The number of aromatic nitrogens is 1. The molecule has 0 atom stereocenters. The Morgan fingerprint density at radius 2 is 2.14 bits per heavy atom. The third-order valence-corrected chi connectivity index (χ3v) is 1.51. The van der Waals surface area contributed by atoms with Crippen molar-refractivity contribution in [3.05, 3.63) is 24.0 Å². The second kappa shape index (κ2) is 3.65. The van der Waals surface area contributed by atoms with Crippen LogP contribution in [0.4, 0.5) is 18.9 Å². The summed E-state index contributed by atoms with van der Waals surface area (Å²) < 4.78 is 35.5. The van der Waals surface area contributed by atoms with Gasteiger partial charge in [0.05, 0.1) is 11.4 Å². The summed E-state index contributed by atoms with van der Waals surface area (Å²) in [6.45, 7) is 1.51. The Morgan fingerprint density at radius 3 is 2.64 bits per heavy atom. The van der Waals surface area contributed by atoms with E-state index in [0.29, 0.717) is 5.69 Å². The zero-order chi connectivity index (χ0) is 10.8. The Balaban J connectivity index is 2.80. The van der Waals surface area contributed by atoms with Crippen LogP contribution in [0.5, 0.6) is 0 Å². The van der Waals surface area contributed by atoms with Gasteiger partial charge in [0.15, 0.2) is 0 Å². The first-order valence-electron chi connectivity index (χ1n) is 3.71. The number of anilines is 1. The molecule has 6 heteroatoms. The minimum atomic E-state index is -4.87. The summed E-state index contributed by atoms with van der Waals surface area (Å²) in [6, 6.07) is 2.80. The minimum absolute atomic E-state index is 0.0647. The van der Waals surface area contributed by atoms with Crippen molar-refractivity contribution in [2.24, 2.45) is 0 Å². The van der Waals surface area contributed by atoms with Crippen molar-refractivity contribution in [1.82, 2.24) is 4.98 Å². The van der Waals surface area contributed by atoms with Crippen LogP contribution in [0.2, 0.25) is 0 Å².